The van der Waals surface area contributed by atoms with Crippen molar-refractivity contribution in [3.05, 3.63) is 54.1 Å². The highest BCUT2D eigenvalue weighted by Crippen LogP contribution is 2.21. The Morgan fingerprint density at radius 2 is 1.48 bits per heavy atom. The SMILES string of the molecule is CCOC(=O)Oc1ccc(C(=O)N2CCN(S(=O)(=O)c3ccc(OC)cc3)CC2)cc1. The Bertz CT molecular complexity index is 1010. The van der Waals surface area contributed by atoms with Crippen molar-refractivity contribution in [2.75, 3.05) is 39.9 Å². The van der Waals surface area contributed by atoms with Crippen LogP contribution in [0.2, 0.25) is 0 Å². The molecule has 1 aliphatic rings. The van der Waals surface area contributed by atoms with Crippen molar-refractivity contribution in [1.82, 2.24) is 9.21 Å². The quantitative estimate of drug-likeness (QED) is 0.494. The highest BCUT2D eigenvalue weighted by molar-refractivity contribution is 7.89. The Balaban J connectivity index is 1.59. The third-order valence-electron chi connectivity index (χ3n) is 4.79. The molecule has 9 nitrogen and oxygen atoms in total. The van der Waals surface area contributed by atoms with Crippen LogP contribution >= 0.6 is 0 Å². The Morgan fingerprint density at radius 1 is 0.903 bits per heavy atom. The maximum Gasteiger partial charge on any atom is 0.513 e. The van der Waals surface area contributed by atoms with Gasteiger partial charge < -0.3 is 19.1 Å². The molecule has 1 aliphatic heterocycles. The van der Waals surface area contributed by atoms with E-state index in [-0.39, 0.29) is 49.3 Å². The zero-order valence-electron chi connectivity index (χ0n) is 17.3. The van der Waals surface area contributed by atoms with Crippen LogP contribution in [-0.2, 0) is 14.8 Å². The van der Waals surface area contributed by atoms with E-state index < -0.39 is 16.2 Å². The van der Waals surface area contributed by atoms with Crippen LogP contribution in [0.5, 0.6) is 11.5 Å². The molecule has 166 valence electrons. The van der Waals surface area contributed by atoms with Gasteiger partial charge >= 0.3 is 6.16 Å². The fourth-order valence-corrected chi connectivity index (χ4v) is 4.54. The number of sulfonamides is 1. The van der Waals surface area contributed by atoms with E-state index in [1.165, 1.54) is 35.7 Å². The van der Waals surface area contributed by atoms with Crippen molar-refractivity contribution in [3.63, 3.8) is 0 Å². The van der Waals surface area contributed by atoms with Crippen LogP contribution in [0.15, 0.2) is 53.4 Å². The number of piperazine rings is 1. The van der Waals surface area contributed by atoms with Crippen molar-refractivity contribution >= 4 is 22.1 Å². The van der Waals surface area contributed by atoms with Gasteiger partial charge in [-0.1, -0.05) is 0 Å². The van der Waals surface area contributed by atoms with E-state index in [1.54, 1.807) is 36.1 Å². The first-order valence-corrected chi connectivity index (χ1v) is 11.2. The summed E-state index contributed by atoms with van der Waals surface area (Å²) in [6, 6.07) is 12.3. The maximum atomic E-state index is 12.8. The molecule has 0 bridgehead atoms. The van der Waals surface area contributed by atoms with Gasteiger partial charge in [-0.05, 0) is 55.5 Å². The van der Waals surface area contributed by atoms with E-state index in [1.807, 2.05) is 0 Å². The number of amides is 1. The molecule has 31 heavy (non-hydrogen) atoms. The van der Waals surface area contributed by atoms with Crippen LogP contribution in [0.25, 0.3) is 0 Å². The normalized spacial score (nSPS) is 14.7. The van der Waals surface area contributed by atoms with Crippen molar-refractivity contribution in [1.29, 1.82) is 0 Å². The molecule has 1 heterocycles. The average Bonchev–Trinajstić information content (AvgIpc) is 2.79. The minimum atomic E-state index is -3.64. The van der Waals surface area contributed by atoms with Gasteiger partial charge in [0.15, 0.2) is 0 Å². The van der Waals surface area contributed by atoms with Crippen molar-refractivity contribution in [3.8, 4) is 11.5 Å². The molecule has 0 unspecified atom stereocenters. The predicted octanol–water partition coefficient (Wildman–Crippen LogP) is 2.38. The fraction of sp³-hybridized carbons (Fsp3) is 0.333. The van der Waals surface area contributed by atoms with Crippen LogP contribution in [0.1, 0.15) is 17.3 Å². The number of hydrogen-bond acceptors (Lipinski definition) is 7. The zero-order valence-corrected chi connectivity index (χ0v) is 18.1. The Kier molecular flexibility index (Phi) is 7.13. The van der Waals surface area contributed by atoms with Crippen molar-refractivity contribution < 1.29 is 32.2 Å². The van der Waals surface area contributed by atoms with Gasteiger partial charge in [-0.3, -0.25) is 4.79 Å². The third-order valence-corrected chi connectivity index (χ3v) is 6.70. The van der Waals surface area contributed by atoms with Gasteiger partial charge in [0.2, 0.25) is 10.0 Å². The monoisotopic (exact) mass is 448 g/mol. The lowest BCUT2D eigenvalue weighted by Crippen LogP contribution is -2.50. The standard InChI is InChI=1S/C21H24N2O7S/c1-3-29-21(25)30-18-6-4-16(5-7-18)20(24)22-12-14-23(15-13-22)31(26,27)19-10-8-17(28-2)9-11-19/h4-11H,3,12-15H2,1-2H3. The van der Waals surface area contributed by atoms with Gasteiger partial charge in [0.1, 0.15) is 11.5 Å². The average molecular weight is 448 g/mol. The molecule has 0 N–H and O–H groups in total. The summed E-state index contributed by atoms with van der Waals surface area (Å²) in [7, 11) is -2.13. The van der Waals surface area contributed by atoms with E-state index >= 15 is 0 Å². The molecule has 1 fully saturated rings. The molecule has 0 aliphatic carbocycles. The third kappa shape index (κ3) is 5.33. The number of methoxy groups -OCH3 is 1. The molecule has 3 rings (SSSR count). The highest BCUT2D eigenvalue weighted by atomic mass is 32.2. The highest BCUT2D eigenvalue weighted by Gasteiger charge is 2.30. The van der Waals surface area contributed by atoms with Gasteiger partial charge in [-0.15, -0.1) is 0 Å². The molecule has 10 heteroatoms. The van der Waals surface area contributed by atoms with E-state index in [2.05, 4.69) is 0 Å². The van der Waals surface area contributed by atoms with E-state index in [0.717, 1.165) is 0 Å². The second kappa shape index (κ2) is 9.80. The Morgan fingerprint density at radius 3 is 2.03 bits per heavy atom. The summed E-state index contributed by atoms with van der Waals surface area (Å²) in [5.74, 6) is 0.627. The van der Waals surface area contributed by atoms with Crippen LogP contribution < -0.4 is 9.47 Å². The minimum Gasteiger partial charge on any atom is -0.497 e. The number of carbonyl (C=O) groups is 2. The molecule has 0 radical (unpaired) electrons. The first kappa shape index (κ1) is 22.6. The number of rotatable bonds is 6. The lowest BCUT2D eigenvalue weighted by atomic mass is 10.2. The number of carbonyl (C=O) groups excluding carboxylic acids is 2. The van der Waals surface area contributed by atoms with Crippen molar-refractivity contribution in [2.24, 2.45) is 0 Å². The molecule has 0 aromatic heterocycles. The smallest absolute Gasteiger partial charge is 0.497 e. The largest absolute Gasteiger partial charge is 0.513 e. The first-order valence-electron chi connectivity index (χ1n) is 9.73. The van der Waals surface area contributed by atoms with E-state index in [0.29, 0.717) is 11.3 Å². The molecular formula is C21H24N2O7S. The molecule has 0 spiro atoms. The molecule has 0 saturated carbocycles. The molecule has 1 saturated heterocycles. The molecule has 0 atom stereocenters. The number of ether oxygens (including phenoxy) is 3. The fourth-order valence-electron chi connectivity index (χ4n) is 3.12. The number of benzene rings is 2. The lowest BCUT2D eigenvalue weighted by Gasteiger charge is -2.34. The zero-order chi connectivity index (χ0) is 22.4. The van der Waals surface area contributed by atoms with Gasteiger partial charge in [0.05, 0.1) is 18.6 Å². The summed E-state index contributed by atoms with van der Waals surface area (Å²) in [4.78, 5) is 25.9. The van der Waals surface area contributed by atoms with Gasteiger partial charge in [-0.2, -0.15) is 4.31 Å². The van der Waals surface area contributed by atoms with Crippen LogP contribution in [-0.4, -0.2) is 69.6 Å². The Hall–Kier alpha value is -3.11. The summed E-state index contributed by atoms with van der Waals surface area (Å²) in [6.07, 6.45) is -0.809. The predicted molar refractivity (Wildman–Crippen MR) is 112 cm³/mol. The summed E-state index contributed by atoms with van der Waals surface area (Å²) in [5, 5.41) is 0. The van der Waals surface area contributed by atoms with E-state index in [4.69, 9.17) is 14.2 Å². The molecule has 2 aromatic carbocycles. The summed E-state index contributed by atoms with van der Waals surface area (Å²) < 4.78 is 41.8. The van der Waals surface area contributed by atoms with E-state index in [9.17, 15) is 18.0 Å². The van der Waals surface area contributed by atoms with Crippen molar-refractivity contribution in [2.45, 2.75) is 11.8 Å². The van der Waals surface area contributed by atoms with Crippen LogP contribution in [0.4, 0.5) is 4.79 Å². The molecular weight excluding hydrogens is 424 g/mol. The number of nitrogens with zero attached hydrogens (tertiary/aromatic N) is 2. The summed E-state index contributed by atoms with van der Waals surface area (Å²) in [6.45, 7) is 2.82. The second-order valence-corrected chi connectivity index (χ2v) is 8.62. The maximum absolute atomic E-state index is 12.8. The lowest BCUT2D eigenvalue weighted by molar-refractivity contribution is 0.0698. The number of hydrogen-bond donors (Lipinski definition) is 0. The first-order chi connectivity index (χ1) is 14.8. The topological polar surface area (TPSA) is 102 Å². The van der Waals surface area contributed by atoms with Gasteiger partial charge in [0, 0.05) is 31.7 Å². The van der Waals surface area contributed by atoms with Crippen LogP contribution in [0.3, 0.4) is 0 Å². The minimum absolute atomic E-state index is 0.185. The summed E-state index contributed by atoms with van der Waals surface area (Å²) in [5.41, 5.74) is 0.419. The molecule has 1 amide bonds. The van der Waals surface area contributed by atoms with Gasteiger partial charge in [0.25, 0.3) is 5.91 Å². The molecule has 2 aromatic rings. The summed E-state index contributed by atoms with van der Waals surface area (Å²) >= 11 is 0. The second-order valence-electron chi connectivity index (χ2n) is 6.68. The Labute approximate surface area is 181 Å². The van der Waals surface area contributed by atoms with Gasteiger partial charge in [-0.25, -0.2) is 13.2 Å². The van der Waals surface area contributed by atoms with Crippen LogP contribution in [0, 0.1) is 0 Å².